The van der Waals surface area contributed by atoms with Gasteiger partial charge in [-0.25, -0.2) is 0 Å². The number of nitrogens with zero attached hydrogens (tertiary/aromatic N) is 2. The van der Waals surface area contributed by atoms with Crippen LogP contribution in [0.25, 0.3) is 0 Å². The third kappa shape index (κ3) is 1.69. The number of carbonyl (C=O) groups excluding carboxylic acids is 2. The zero-order valence-corrected chi connectivity index (χ0v) is 12.2. The molecule has 4 bridgehead atoms. The van der Waals surface area contributed by atoms with Crippen LogP contribution in [0.2, 0.25) is 0 Å². The third-order valence-corrected chi connectivity index (χ3v) is 6.07. The average Bonchev–Trinajstić information content (AvgIpc) is 2.35. The summed E-state index contributed by atoms with van der Waals surface area (Å²) in [6.45, 7) is 6.61. The topological polar surface area (TPSA) is 37.4 Å². The average molecular weight is 264 g/mol. The Morgan fingerprint density at radius 3 is 1.89 bits per heavy atom. The molecule has 3 heterocycles. The molecule has 0 spiro atoms. The molecule has 1 atom stereocenters. The van der Waals surface area contributed by atoms with E-state index in [1.807, 2.05) is 6.92 Å². The molecule has 0 N–H and O–H groups in total. The van der Waals surface area contributed by atoms with Gasteiger partial charge in [-0.3, -0.25) is 19.0 Å². The molecule has 3 aliphatic heterocycles. The molecule has 4 nitrogen and oxygen atoms in total. The second kappa shape index (κ2) is 4.05. The lowest BCUT2D eigenvalue weighted by atomic mass is 9.65. The second-order valence-corrected chi connectivity index (χ2v) is 7.20. The molecule has 3 saturated heterocycles. The van der Waals surface area contributed by atoms with Gasteiger partial charge in [-0.1, -0.05) is 0 Å². The Hall–Kier alpha value is -0.900. The SMILES string of the molecule is CC(=O)N(C)[C@@](C)([C]=O)[N+]12CC3CC(CC(C3)C1)C2. The Kier molecular flexibility index (Phi) is 2.79. The van der Waals surface area contributed by atoms with Crippen LogP contribution in [0.5, 0.6) is 0 Å². The van der Waals surface area contributed by atoms with E-state index in [0.29, 0.717) is 0 Å². The predicted molar refractivity (Wildman–Crippen MR) is 71.7 cm³/mol. The number of likely N-dealkylation sites (N-methyl/N-ethyl adjacent to an activating group) is 1. The minimum atomic E-state index is -0.804. The maximum absolute atomic E-state index is 11.8. The molecule has 4 rings (SSSR count). The van der Waals surface area contributed by atoms with E-state index in [9.17, 15) is 9.59 Å². The van der Waals surface area contributed by atoms with Crippen molar-refractivity contribution in [1.29, 1.82) is 0 Å². The number of rotatable bonds is 3. The van der Waals surface area contributed by atoms with Crippen molar-refractivity contribution in [3.8, 4) is 0 Å². The van der Waals surface area contributed by atoms with Crippen molar-refractivity contribution in [3.63, 3.8) is 0 Å². The van der Waals surface area contributed by atoms with Gasteiger partial charge in [-0.05, 0) is 19.3 Å². The van der Waals surface area contributed by atoms with Crippen molar-refractivity contribution in [2.45, 2.75) is 38.8 Å². The van der Waals surface area contributed by atoms with Crippen molar-refractivity contribution < 1.29 is 14.1 Å². The Morgan fingerprint density at radius 2 is 1.58 bits per heavy atom. The van der Waals surface area contributed by atoms with Gasteiger partial charge in [-0.2, -0.15) is 0 Å². The van der Waals surface area contributed by atoms with Crippen molar-refractivity contribution in [1.82, 2.24) is 4.90 Å². The van der Waals surface area contributed by atoms with E-state index < -0.39 is 5.66 Å². The first-order chi connectivity index (χ1) is 8.90. The summed E-state index contributed by atoms with van der Waals surface area (Å²) in [5.74, 6) is 2.21. The summed E-state index contributed by atoms with van der Waals surface area (Å²) in [5, 5.41) is 0. The van der Waals surface area contributed by atoms with Gasteiger partial charge in [0.05, 0.1) is 19.6 Å². The van der Waals surface area contributed by atoms with Gasteiger partial charge in [0.2, 0.25) is 11.6 Å². The van der Waals surface area contributed by atoms with Crippen LogP contribution >= 0.6 is 0 Å². The molecule has 1 amide bonds. The number of amides is 1. The van der Waals surface area contributed by atoms with E-state index in [0.717, 1.165) is 41.9 Å². The van der Waals surface area contributed by atoms with Crippen LogP contribution in [-0.4, -0.2) is 53.9 Å². The molecule has 4 heteroatoms. The zero-order chi connectivity index (χ0) is 13.8. The van der Waals surface area contributed by atoms with Crippen LogP contribution < -0.4 is 0 Å². The summed E-state index contributed by atoms with van der Waals surface area (Å²) in [6, 6.07) is 0. The van der Waals surface area contributed by atoms with Gasteiger partial charge >= 0.3 is 0 Å². The lowest BCUT2D eigenvalue weighted by Gasteiger charge is -2.63. The molecule has 19 heavy (non-hydrogen) atoms. The fourth-order valence-electron chi connectivity index (χ4n) is 5.18. The van der Waals surface area contributed by atoms with E-state index in [1.165, 1.54) is 19.3 Å². The van der Waals surface area contributed by atoms with E-state index in [1.54, 1.807) is 18.9 Å². The van der Waals surface area contributed by atoms with Crippen LogP contribution in [0.4, 0.5) is 0 Å². The van der Waals surface area contributed by atoms with Gasteiger partial charge in [-0.15, -0.1) is 0 Å². The summed E-state index contributed by atoms with van der Waals surface area (Å²) in [4.78, 5) is 25.2. The Bertz CT molecular complexity index is 385. The monoisotopic (exact) mass is 264 g/mol. The van der Waals surface area contributed by atoms with Crippen LogP contribution in [0.1, 0.15) is 33.1 Å². The standard InChI is InChI=1S/C15H24N2O2/c1-11(19)16(3)15(2,10-18)17-7-12-4-13(8-17)6-14(5-12)9-17/h12-14H,4-9H2,1-3H3/q+1/t12?,13?,14?,15-,17?/m1/s1. The van der Waals surface area contributed by atoms with E-state index in [-0.39, 0.29) is 5.91 Å². The molecule has 4 aliphatic rings. The molecule has 1 aliphatic carbocycles. The first kappa shape index (κ1) is 13.1. The Labute approximate surface area is 115 Å². The fraction of sp³-hybridized carbons (Fsp3) is 0.867. The Balaban J connectivity index is 1.99. The first-order valence-corrected chi connectivity index (χ1v) is 7.40. The smallest absolute Gasteiger partial charge is 0.289 e. The zero-order valence-electron chi connectivity index (χ0n) is 12.2. The van der Waals surface area contributed by atoms with Crippen molar-refractivity contribution in [2.24, 2.45) is 17.8 Å². The number of carbonyl (C=O) groups is 1. The number of piperidine rings is 3. The van der Waals surface area contributed by atoms with Gasteiger partial charge < -0.3 is 0 Å². The summed E-state index contributed by atoms with van der Waals surface area (Å²) in [5.41, 5.74) is -0.804. The summed E-state index contributed by atoms with van der Waals surface area (Å²) < 4.78 is 0.770. The normalized spacial score (nSPS) is 42.8. The molecule has 4 fully saturated rings. The minimum absolute atomic E-state index is 0.0419. The van der Waals surface area contributed by atoms with Gasteiger partial charge in [0.25, 0.3) is 6.29 Å². The predicted octanol–water partition coefficient (Wildman–Crippen LogP) is 1.17. The molecular formula is C15H24N2O2+. The van der Waals surface area contributed by atoms with Crippen molar-refractivity contribution >= 4 is 12.2 Å². The third-order valence-electron chi connectivity index (χ3n) is 6.07. The number of hydrogen-bond acceptors (Lipinski definition) is 2. The van der Waals surface area contributed by atoms with Crippen LogP contribution in [-0.2, 0) is 9.59 Å². The summed E-state index contributed by atoms with van der Waals surface area (Å²) >= 11 is 0. The van der Waals surface area contributed by atoms with E-state index >= 15 is 0 Å². The van der Waals surface area contributed by atoms with Crippen molar-refractivity contribution in [3.05, 3.63) is 0 Å². The lowest BCUT2D eigenvalue weighted by Crippen LogP contribution is -2.79. The number of hydrogen-bond donors (Lipinski definition) is 0. The Morgan fingerprint density at radius 1 is 1.16 bits per heavy atom. The highest BCUT2D eigenvalue weighted by Crippen LogP contribution is 2.50. The van der Waals surface area contributed by atoms with Crippen LogP contribution in [0.3, 0.4) is 0 Å². The van der Waals surface area contributed by atoms with E-state index in [4.69, 9.17) is 0 Å². The molecule has 1 radical (unpaired) electrons. The first-order valence-electron chi connectivity index (χ1n) is 7.40. The molecule has 0 aromatic heterocycles. The van der Waals surface area contributed by atoms with Crippen molar-refractivity contribution in [2.75, 3.05) is 26.7 Å². The molecule has 0 aromatic rings. The van der Waals surface area contributed by atoms with Crippen LogP contribution in [0, 0.1) is 17.8 Å². The van der Waals surface area contributed by atoms with Gasteiger partial charge in [0, 0.05) is 38.6 Å². The quantitative estimate of drug-likeness (QED) is 0.718. The van der Waals surface area contributed by atoms with E-state index in [2.05, 4.69) is 6.29 Å². The summed E-state index contributed by atoms with van der Waals surface area (Å²) in [6.07, 6.45) is 6.23. The highest BCUT2D eigenvalue weighted by molar-refractivity contribution is 5.78. The molecular weight excluding hydrogens is 240 g/mol. The minimum Gasteiger partial charge on any atom is -0.294 e. The lowest BCUT2D eigenvalue weighted by molar-refractivity contribution is -0.996. The maximum atomic E-state index is 11.8. The number of quaternary nitrogens is 1. The molecule has 0 aromatic carbocycles. The fourth-order valence-corrected chi connectivity index (χ4v) is 5.18. The molecule has 105 valence electrons. The van der Waals surface area contributed by atoms with Gasteiger partial charge in [0.1, 0.15) is 0 Å². The highest BCUT2D eigenvalue weighted by atomic mass is 16.2. The van der Waals surface area contributed by atoms with Crippen LogP contribution in [0.15, 0.2) is 0 Å². The largest absolute Gasteiger partial charge is 0.294 e. The summed E-state index contributed by atoms with van der Waals surface area (Å²) in [7, 11) is 1.75. The molecule has 0 unspecified atom stereocenters. The van der Waals surface area contributed by atoms with Gasteiger partial charge in [0.15, 0.2) is 0 Å². The molecule has 1 saturated carbocycles. The maximum Gasteiger partial charge on any atom is 0.289 e. The second-order valence-electron chi connectivity index (χ2n) is 7.20. The highest BCUT2D eigenvalue weighted by Gasteiger charge is 2.61.